The fourth-order valence-electron chi connectivity index (χ4n) is 1.18. The maximum absolute atomic E-state index is 12.5. The lowest BCUT2D eigenvalue weighted by molar-refractivity contribution is -0.137. The molecule has 2 N–H and O–H groups in total. The minimum absolute atomic E-state index is 0.0142. The molecule has 0 fully saturated rings. The lowest BCUT2D eigenvalue weighted by Gasteiger charge is -2.09. The third-order valence-corrected chi connectivity index (χ3v) is 2.13. The van der Waals surface area contributed by atoms with E-state index >= 15 is 0 Å². The van der Waals surface area contributed by atoms with E-state index in [0.717, 1.165) is 12.1 Å². The van der Waals surface area contributed by atoms with Gasteiger partial charge >= 0.3 is 6.18 Å². The summed E-state index contributed by atoms with van der Waals surface area (Å²) in [4.78, 5) is 3.71. The van der Waals surface area contributed by atoms with Crippen LogP contribution in [0.15, 0.2) is 12.1 Å². The summed E-state index contributed by atoms with van der Waals surface area (Å²) in [6.45, 7) is 0.0845. The van der Waals surface area contributed by atoms with E-state index in [0.29, 0.717) is 5.82 Å². The Bertz CT molecular complexity index is 526. The van der Waals surface area contributed by atoms with E-state index in [1.165, 1.54) is 0 Å². The predicted molar refractivity (Wildman–Crippen MR) is 55.8 cm³/mol. The summed E-state index contributed by atoms with van der Waals surface area (Å²) in [6, 6.07) is 1.60. The Hall–Kier alpha value is -1.90. The molecule has 0 aliphatic rings. The van der Waals surface area contributed by atoms with Crippen molar-refractivity contribution in [2.75, 3.05) is 5.32 Å². The third kappa shape index (κ3) is 3.06. The SMILES string of the molecule is FC(F)(F)c1cc(Cl)nc(NCc2nn[nH]n2)c1. The first-order valence-electron chi connectivity index (χ1n) is 4.66. The van der Waals surface area contributed by atoms with Crippen LogP contribution in [0.2, 0.25) is 5.15 Å². The van der Waals surface area contributed by atoms with Crippen molar-refractivity contribution in [1.29, 1.82) is 0 Å². The van der Waals surface area contributed by atoms with Gasteiger partial charge in [-0.3, -0.25) is 0 Å². The molecule has 2 aromatic heterocycles. The predicted octanol–water partition coefficient (Wildman–Crippen LogP) is 1.88. The minimum atomic E-state index is -4.48. The van der Waals surface area contributed by atoms with Gasteiger partial charge in [-0.2, -0.15) is 18.4 Å². The molecule has 0 amide bonds. The standard InChI is InChI=1S/C8H6ClF3N6/c9-5-1-4(8(10,11)12)2-6(14-5)13-3-7-15-17-18-16-7/h1-2H,3H2,(H,13,14)(H,15,16,17,18). The fourth-order valence-corrected chi connectivity index (χ4v) is 1.39. The van der Waals surface area contributed by atoms with E-state index in [1.807, 2.05) is 0 Å². The van der Waals surface area contributed by atoms with Crippen molar-refractivity contribution in [2.24, 2.45) is 0 Å². The fraction of sp³-hybridized carbons (Fsp3) is 0.250. The van der Waals surface area contributed by atoms with Crippen LogP contribution in [0.3, 0.4) is 0 Å². The highest BCUT2D eigenvalue weighted by Crippen LogP contribution is 2.31. The molecule has 0 unspecified atom stereocenters. The van der Waals surface area contributed by atoms with Gasteiger partial charge in [-0.15, -0.1) is 10.2 Å². The maximum Gasteiger partial charge on any atom is 0.416 e. The smallest absolute Gasteiger partial charge is 0.363 e. The molecule has 0 saturated carbocycles. The van der Waals surface area contributed by atoms with Crippen LogP contribution in [0.4, 0.5) is 19.0 Å². The van der Waals surface area contributed by atoms with Crippen LogP contribution >= 0.6 is 11.6 Å². The Labute approximate surface area is 104 Å². The van der Waals surface area contributed by atoms with E-state index in [9.17, 15) is 13.2 Å². The molecule has 10 heteroatoms. The highest BCUT2D eigenvalue weighted by Gasteiger charge is 2.31. The molecule has 2 aromatic rings. The lowest BCUT2D eigenvalue weighted by Crippen LogP contribution is -2.08. The van der Waals surface area contributed by atoms with Crippen LogP contribution in [-0.4, -0.2) is 25.6 Å². The van der Waals surface area contributed by atoms with Crippen LogP contribution < -0.4 is 5.32 Å². The molecule has 0 bridgehead atoms. The average Bonchev–Trinajstić information content (AvgIpc) is 2.77. The number of hydrogen-bond donors (Lipinski definition) is 2. The highest BCUT2D eigenvalue weighted by atomic mass is 35.5. The van der Waals surface area contributed by atoms with Crippen molar-refractivity contribution in [3.63, 3.8) is 0 Å². The summed E-state index contributed by atoms with van der Waals surface area (Å²) in [5.74, 6) is 0.282. The Morgan fingerprint density at radius 3 is 2.72 bits per heavy atom. The number of tetrazole rings is 1. The molecule has 18 heavy (non-hydrogen) atoms. The molecule has 0 aliphatic carbocycles. The molecular formula is C8H6ClF3N6. The molecule has 2 heterocycles. The normalized spacial score (nSPS) is 11.6. The molecule has 0 aliphatic heterocycles. The lowest BCUT2D eigenvalue weighted by atomic mass is 10.2. The molecule has 96 valence electrons. The molecule has 0 radical (unpaired) electrons. The number of nitrogens with zero attached hydrogens (tertiary/aromatic N) is 4. The number of halogens is 4. The Balaban J connectivity index is 2.15. The van der Waals surface area contributed by atoms with E-state index in [-0.39, 0.29) is 17.5 Å². The molecular weight excluding hydrogens is 273 g/mol. The maximum atomic E-state index is 12.5. The molecule has 0 aromatic carbocycles. The third-order valence-electron chi connectivity index (χ3n) is 1.94. The first kappa shape index (κ1) is 12.6. The summed E-state index contributed by atoms with van der Waals surface area (Å²) in [7, 11) is 0. The van der Waals surface area contributed by atoms with Gasteiger partial charge in [-0.05, 0) is 12.1 Å². The van der Waals surface area contributed by atoms with Gasteiger partial charge in [0.1, 0.15) is 11.0 Å². The Kier molecular flexibility index (Phi) is 3.32. The number of alkyl halides is 3. The zero-order valence-corrected chi connectivity index (χ0v) is 9.42. The number of aromatic amines is 1. The second-order valence-corrected chi connectivity index (χ2v) is 3.63. The second kappa shape index (κ2) is 4.77. The number of hydrogen-bond acceptors (Lipinski definition) is 5. The summed E-state index contributed by atoms with van der Waals surface area (Å²) < 4.78 is 37.5. The number of pyridine rings is 1. The highest BCUT2D eigenvalue weighted by molar-refractivity contribution is 6.29. The van der Waals surface area contributed by atoms with Gasteiger partial charge in [0.25, 0.3) is 0 Å². The van der Waals surface area contributed by atoms with Crippen molar-refractivity contribution >= 4 is 17.4 Å². The summed E-state index contributed by atoms with van der Waals surface area (Å²) >= 11 is 5.52. The van der Waals surface area contributed by atoms with Crippen LogP contribution in [0, 0.1) is 0 Å². The van der Waals surface area contributed by atoms with Gasteiger partial charge < -0.3 is 5.32 Å². The van der Waals surface area contributed by atoms with Crippen molar-refractivity contribution in [2.45, 2.75) is 12.7 Å². The Morgan fingerprint density at radius 2 is 2.11 bits per heavy atom. The van der Waals surface area contributed by atoms with Crippen LogP contribution in [-0.2, 0) is 12.7 Å². The molecule has 0 saturated heterocycles. The zero-order valence-electron chi connectivity index (χ0n) is 8.66. The van der Waals surface area contributed by atoms with Gasteiger partial charge in [-0.25, -0.2) is 4.98 Å². The van der Waals surface area contributed by atoms with Crippen molar-refractivity contribution in [3.05, 3.63) is 28.7 Å². The van der Waals surface area contributed by atoms with Gasteiger partial charge in [0.15, 0.2) is 5.82 Å². The quantitative estimate of drug-likeness (QED) is 0.838. The van der Waals surface area contributed by atoms with E-state index in [4.69, 9.17) is 11.6 Å². The van der Waals surface area contributed by atoms with Crippen molar-refractivity contribution in [3.8, 4) is 0 Å². The molecule has 2 rings (SSSR count). The number of aromatic nitrogens is 5. The Morgan fingerprint density at radius 1 is 1.33 bits per heavy atom. The van der Waals surface area contributed by atoms with Gasteiger partial charge in [0.2, 0.25) is 0 Å². The largest absolute Gasteiger partial charge is 0.416 e. The van der Waals surface area contributed by atoms with Crippen LogP contribution in [0.1, 0.15) is 11.4 Å². The second-order valence-electron chi connectivity index (χ2n) is 3.24. The van der Waals surface area contributed by atoms with Crippen LogP contribution in [0.5, 0.6) is 0 Å². The number of anilines is 1. The number of rotatable bonds is 3. The van der Waals surface area contributed by atoms with Gasteiger partial charge in [-0.1, -0.05) is 16.8 Å². The van der Waals surface area contributed by atoms with E-state index in [2.05, 4.69) is 30.9 Å². The average molecular weight is 279 g/mol. The van der Waals surface area contributed by atoms with E-state index in [1.54, 1.807) is 0 Å². The molecule has 0 atom stereocenters. The minimum Gasteiger partial charge on any atom is -0.363 e. The van der Waals surface area contributed by atoms with Crippen molar-refractivity contribution < 1.29 is 13.2 Å². The topological polar surface area (TPSA) is 79.4 Å². The van der Waals surface area contributed by atoms with Crippen molar-refractivity contribution in [1.82, 2.24) is 25.6 Å². The first-order chi connectivity index (χ1) is 8.45. The van der Waals surface area contributed by atoms with Crippen LogP contribution in [0.25, 0.3) is 0 Å². The van der Waals surface area contributed by atoms with Gasteiger partial charge in [0, 0.05) is 0 Å². The summed E-state index contributed by atoms with van der Waals surface area (Å²) in [6.07, 6.45) is -4.48. The van der Waals surface area contributed by atoms with Gasteiger partial charge in [0.05, 0.1) is 12.1 Å². The summed E-state index contributed by atoms with van der Waals surface area (Å²) in [5.41, 5.74) is -0.877. The monoisotopic (exact) mass is 278 g/mol. The summed E-state index contributed by atoms with van der Waals surface area (Å²) in [5, 5.41) is 15.2. The molecule has 0 spiro atoms. The number of H-pyrrole nitrogens is 1. The van der Waals surface area contributed by atoms with E-state index < -0.39 is 11.7 Å². The number of nitrogens with one attached hydrogen (secondary N) is 2. The molecule has 6 nitrogen and oxygen atoms in total. The zero-order chi connectivity index (χ0) is 13.2. The first-order valence-corrected chi connectivity index (χ1v) is 5.04.